The van der Waals surface area contributed by atoms with Gasteiger partial charge in [-0.15, -0.1) is 0 Å². The summed E-state index contributed by atoms with van der Waals surface area (Å²) < 4.78 is 5.64. The second kappa shape index (κ2) is 4.79. The van der Waals surface area contributed by atoms with Crippen LogP contribution < -0.4 is 4.74 Å². The van der Waals surface area contributed by atoms with Crippen molar-refractivity contribution in [2.75, 3.05) is 11.9 Å². The Morgan fingerprint density at radius 3 is 2.80 bits per heavy atom. The van der Waals surface area contributed by atoms with Gasteiger partial charge in [0.15, 0.2) is 5.78 Å². The van der Waals surface area contributed by atoms with Gasteiger partial charge < -0.3 is 4.74 Å². The Hall–Kier alpha value is -0.830. The smallest absolute Gasteiger partial charge is 0.177 e. The number of ether oxygens (including phenoxy) is 1. The van der Waals surface area contributed by atoms with Crippen molar-refractivity contribution in [1.29, 1.82) is 0 Å². The van der Waals surface area contributed by atoms with Crippen LogP contribution in [0.4, 0.5) is 0 Å². The Labute approximate surface area is 97.8 Å². The number of rotatable bonds is 5. The van der Waals surface area contributed by atoms with Crippen molar-refractivity contribution in [1.82, 2.24) is 0 Å². The van der Waals surface area contributed by atoms with Crippen LogP contribution in [0.15, 0.2) is 24.3 Å². The molecule has 80 valence electrons. The number of carbonyl (C=O) groups excluding carboxylic acids is 1. The molecule has 1 aliphatic carbocycles. The lowest BCUT2D eigenvalue weighted by Crippen LogP contribution is -2.06. The first-order valence-electron chi connectivity index (χ1n) is 5.12. The fourth-order valence-corrected chi connectivity index (χ4v) is 1.69. The minimum absolute atomic E-state index is 0.0707. The third kappa shape index (κ3) is 2.81. The van der Waals surface area contributed by atoms with Crippen LogP contribution in [0.2, 0.25) is 0 Å². The molecule has 1 fully saturated rings. The number of alkyl halides is 1. The predicted octanol–water partition coefficient (Wildman–Crippen LogP) is 3.05. The number of para-hydroxylation sites is 1. The molecule has 0 N–H and O–H groups in total. The Morgan fingerprint density at radius 1 is 1.40 bits per heavy atom. The molecule has 0 spiro atoms. The number of benzene rings is 1. The number of carbonyl (C=O) groups is 1. The van der Waals surface area contributed by atoms with E-state index in [9.17, 15) is 4.79 Å². The molecule has 0 atom stereocenters. The van der Waals surface area contributed by atoms with E-state index in [4.69, 9.17) is 4.74 Å². The number of hydrogen-bond donors (Lipinski definition) is 0. The van der Waals surface area contributed by atoms with E-state index in [0.29, 0.717) is 22.6 Å². The normalized spacial score (nSPS) is 15.0. The van der Waals surface area contributed by atoms with Crippen LogP contribution in [0, 0.1) is 5.92 Å². The van der Waals surface area contributed by atoms with Gasteiger partial charge in [-0.1, -0.05) is 28.1 Å². The zero-order valence-corrected chi connectivity index (χ0v) is 10.00. The van der Waals surface area contributed by atoms with E-state index in [0.717, 1.165) is 6.61 Å². The van der Waals surface area contributed by atoms with Crippen molar-refractivity contribution < 1.29 is 9.53 Å². The summed E-state index contributed by atoms with van der Waals surface area (Å²) in [4.78, 5) is 11.6. The highest BCUT2D eigenvalue weighted by atomic mass is 79.9. The highest BCUT2D eigenvalue weighted by molar-refractivity contribution is 9.09. The fraction of sp³-hybridized carbons (Fsp3) is 0.417. The minimum atomic E-state index is 0.0707. The van der Waals surface area contributed by atoms with Crippen LogP contribution in [0.1, 0.15) is 23.2 Å². The fourth-order valence-electron chi connectivity index (χ4n) is 1.39. The third-order valence-corrected chi connectivity index (χ3v) is 2.99. The van der Waals surface area contributed by atoms with Gasteiger partial charge in [0.05, 0.1) is 17.5 Å². The molecule has 2 nitrogen and oxygen atoms in total. The first kappa shape index (κ1) is 10.7. The highest BCUT2D eigenvalue weighted by Crippen LogP contribution is 2.30. The van der Waals surface area contributed by atoms with E-state index < -0.39 is 0 Å². The monoisotopic (exact) mass is 268 g/mol. The molecule has 3 heteroatoms. The average Bonchev–Trinajstić information content (AvgIpc) is 3.09. The average molecular weight is 269 g/mol. The maximum Gasteiger partial charge on any atom is 0.177 e. The summed E-state index contributed by atoms with van der Waals surface area (Å²) in [6.45, 7) is 0.743. The van der Waals surface area contributed by atoms with Crippen molar-refractivity contribution in [2.45, 2.75) is 12.8 Å². The summed E-state index contributed by atoms with van der Waals surface area (Å²) in [5, 5.41) is 0.344. The van der Waals surface area contributed by atoms with Crippen molar-refractivity contribution in [3.63, 3.8) is 0 Å². The number of Topliss-reactive ketones (excluding diaryl/α,β-unsaturated/α-hetero) is 1. The van der Waals surface area contributed by atoms with Gasteiger partial charge in [0.2, 0.25) is 0 Å². The molecule has 0 heterocycles. The molecular formula is C12H13BrO2. The van der Waals surface area contributed by atoms with Gasteiger partial charge in [0, 0.05) is 0 Å². The number of ketones is 1. The van der Waals surface area contributed by atoms with Gasteiger partial charge in [-0.05, 0) is 30.9 Å². The van der Waals surface area contributed by atoms with Crippen LogP contribution in [0.5, 0.6) is 5.75 Å². The van der Waals surface area contributed by atoms with Crippen molar-refractivity contribution in [3.8, 4) is 5.75 Å². The van der Waals surface area contributed by atoms with Gasteiger partial charge >= 0.3 is 0 Å². The van der Waals surface area contributed by atoms with E-state index in [-0.39, 0.29) is 5.78 Å². The number of hydrogen-bond acceptors (Lipinski definition) is 2. The van der Waals surface area contributed by atoms with Crippen LogP contribution in [0.25, 0.3) is 0 Å². The summed E-state index contributed by atoms with van der Waals surface area (Å²) >= 11 is 3.17. The Kier molecular flexibility index (Phi) is 3.41. The molecule has 0 aliphatic heterocycles. The molecule has 0 unspecified atom stereocenters. The van der Waals surface area contributed by atoms with E-state index in [1.54, 1.807) is 0 Å². The Morgan fingerprint density at radius 2 is 2.13 bits per heavy atom. The van der Waals surface area contributed by atoms with E-state index in [1.165, 1.54) is 12.8 Å². The Bertz CT molecular complexity index is 358. The Balaban J connectivity index is 2.09. The largest absolute Gasteiger partial charge is 0.493 e. The minimum Gasteiger partial charge on any atom is -0.493 e. The van der Waals surface area contributed by atoms with Crippen LogP contribution >= 0.6 is 15.9 Å². The molecule has 0 saturated heterocycles. The van der Waals surface area contributed by atoms with Gasteiger partial charge in [0.25, 0.3) is 0 Å². The SMILES string of the molecule is O=C(CBr)c1ccccc1OCC1CC1. The van der Waals surface area contributed by atoms with Gasteiger partial charge in [0.1, 0.15) is 5.75 Å². The van der Waals surface area contributed by atoms with Crippen molar-refractivity contribution in [3.05, 3.63) is 29.8 Å². The summed E-state index contributed by atoms with van der Waals surface area (Å²) in [5.74, 6) is 1.49. The maximum absolute atomic E-state index is 11.6. The van der Waals surface area contributed by atoms with E-state index in [1.807, 2.05) is 24.3 Å². The van der Waals surface area contributed by atoms with Crippen LogP contribution in [0.3, 0.4) is 0 Å². The zero-order valence-electron chi connectivity index (χ0n) is 8.41. The molecule has 0 bridgehead atoms. The highest BCUT2D eigenvalue weighted by Gasteiger charge is 2.22. The first-order valence-corrected chi connectivity index (χ1v) is 6.24. The quantitative estimate of drug-likeness (QED) is 0.606. The molecule has 2 rings (SSSR count). The molecular weight excluding hydrogens is 256 g/mol. The summed E-state index contributed by atoms with van der Waals surface area (Å²) in [5.41, 5.74) is 0.676. The van der Waals surface area contributed by atoms with Gasteiger partial charge in [-0.3, -0.25) is 4.79 Å². The molecule has 1 saturated carbocycles. The molecule has 15 heavy (non-hydrogen) atoms. The molecule has 0 aromatic heterocycles. The molecule has 0 amide bonds. The van der Waals surface area contributed by atoms with Crippen LogP contribution in [-0.4, -0.2) is 17.7 Å². The lowest BCUT2D eigenvalue weighted by Gasteiger charge is -2.09. The summed E-state index contributed by atoms with van der Waals surface area (Å²) in [7, 11) is 0. The van der Waals surface area contributed by atoms with Gasteiger partial charge in [-0.2, -0.15) is 0 Å². The van der Waals surface area contributed by atoms with E-state index in [2.05, 4.69) is 15.9 Å². The molecule has 0 radical (unpaired) electrons. The predicted molar refractivity (Wildman–Crippen MR) is 62.8 cm³/mol. The number of halogens is 1. The maximum atomic E-state index is 11.6. The van der Waals surface area contributed by atoms with E-state index >= 15 is 0 Å². The second-order valence-electron chi connectivity index (χ2n) is 3.81. The third-order valence-electron chi connectivity index (χ3n) is 2.48. The van der Waals surface area contributed by atoms with Gasteiger partial charge in [-0.25, -0.2) is 0 Å². The summed E-state index contributed by atoms with van der Waals surface area (Å²) in [6.07, 6.45) is 2.52. The standard InChI is InChI=1S/C12H13BrO2/c13-7-11(14)10-3-1-2-4-12(10)15-8-9-5-6-9/h1-4,9H,5-8H2. The molecule has 1 aliphatic rings. The zero-order chi connectivity index (χ0) is 10.7. The second-order valence-corrected chi connectivity index (χ2v) is 4.37. The lowest BCUT2D eigenvalue weighted by atomic mass is 10.1. The van der Waals surface area contributed by atoms with Crippen molar-refractivity contribution >= 4 is 21.7 Å². The van der Waals surface area contributed by atoms with Crippen molar-refractivity contribution in [2.24, 2.45) is 5.92 Å². The molecule has 1 aromatic carbocycles. The first-order chi connectivity index (χ1) is 7.31. The molecule has 1 aromatic rings. The van der Waals surface area contributed by atoms with Crippen LogP contribution in [-0.2, 0) is 0 Å². The topological polar surface area (TPSA) is 26.3 Å². The lowest BCUT2D eigenvalue weighted by molar-refractivity contribution is 0.101. The summed E-state index contributed by atoms with van der Waals surface area (Å²) in [6, 6.07) is 7.43.